The Kier molecular flexibility index (Phi) is 7.45. The molecule has 2 aromatic carbocycles. The Hall–Kier alpha value is -3.33. The summed E-state index contributed by atoms with van der Waals surface area (Å²) in [6.45, 7) is 5.06. The quantitative estimate of drug-likeness (QED) is 0.315. The standard InChI is InChI=1S/C21H27N5O4/c1-30-20-5-3-2-4-19(20)25-14-12-24(13-15-25)16-21(27)23-11-10-22-17-6-8-18(9-7-17)26(28)29/h2-9,22H,10-16H2,1H3,(H,23,27)/p+1. The van der Waals surface area contributed by atoms with Crippen molar-refractivity contribution in [1.29, 1.82) is 0 Å². The highest BCUT2D eigenvalue weighted by Crippen LogP contribution is 2.27. The molecule has 1 amide bonds. The number of quaternary nitrogens is 1. The number of rotatable bonds is 9. The van der Waals surface area contributed by atoms with Gasteiger partial charge in [-0.05, 0) is 24.3 Å². The Labute approximate surface area is 175 Å². The number of carbonyl (C=O) groups excluding carboxylic acids is 1. The number of carbonyl (C=O) groups is 1. The number of nitro benzene ring substituents is 1. The molecule has 1 fully saturated rings. The number of amides is 1. The van der Waals surface area contributed by atoms with E-state index < -0.39 is 4.92 Å². The van der Waals surface area contributed by atoms with Crippen molar-refractivity contribution in [3.8, 4) is 5.75 Å². The Morgan fingerprint density at radius 2 is 1.83 bits per heavy atom. The topological polar surface area (TPSA) is 101 Å². The molecule has 0 spiro atoms. The lowest BCUT2D eigenvalue weighted by Crippen LogP contribution is -3.16. The second kappa shape index (κ2) is 10.4. The second-order valence-electron chi connectivity index (χ2n) is 7.17. The van der Waals surface area contributed by atoms with Crippen molar-refractivity contribution in [2.75, 3.05) is 63.1 Å². The van der Waals surface area contributed by atoms with E-state index in [1.807, 2.05) is 18.2 Å². The predicted octanol–water partition coefficient (Wildman–Crippen LogP) is 0.537. The van der Waals surface area contributed by atoms with Gasteiger partial charge in [0.05, 0.1) is 43.9 Å². The van der Waals surface area contributed by atoms with Gasteiger partial charge in [-0.15, -0.1) is 0 Å². The number of para-hydroxylation sites is 2. The van der Waals surface area contributed by atoms with Gasteiger partial charge in [-0.2, -0.15) is 0 Å². The number of methoxy groups -OCH3 is 1. The molecule has 0 bridgehead atoms. The third-order valence-electron chi connectivity index (χ3n) is 5.16. The molecule has 160 valence electrons. The van der Waals surface area contributed by atoms with Crippen LogP contribution in [0.5, 0.6) is 5.75 Å². The zero-order chi connectivity index (χ0) is 21.3. The average Bonchev–Trinajstić information content (AvgIpc) is 2.77. The first-order valence-electron chi connectivity index (χ1n) is 10.0. The van der Waals surface area contributed by atoms with E-state index >= 15 is 0 Å². The molecule has 0 aliphatic carbocycles. The lowest BCUT2D eigenvalue weighted by molar-refractivity contribution is -0.892. The van der Waals surface area contributed by atoms with Gasteiger partial charge >= 0.3 is 0 Å². The average molecular weight is 414 g/mol. The summed E-state index contributed by atoms with van der Waals surface area (Å²) in [5, 5.41) is 16.7. The number of anilines is 2. The Balaban J connectivity index is 1.34. The van der Waals surface area contributed by atoms with Gasteiger partial charge in [0.2, 0.25) is 0 Å². The minimum Gasteiger partial charge on any atom is -0.495 e. The van der Waals surface area contributed by atoms with E-state index in [0.717, 1.165) is 43.3 Å². The van der Waals surface area contributed by atoms with Crippen LogP contribution in [0.4, 0.5) is 17.1 Å². The van der Waals surface area contributed by atoms with Gasteiger partial charge in [-0.3, -0.25) is 14.9 Å². The Morgan fingerprint density at radius 3 is 2.50 bits per heavy atom. The van der Waals surface area contributed by atoms with Crippen LogP contribution in [0.1, 0.15) is 0 Å². The molecule has 0 radical (unpaired) electrons. The molecular weight excluding hydrogens is 386 g/mol. The first-order chi connectivity index (χ1) is 14.6. The van der Waals surface area contributed by atoms with Crippen LogP contribution in [0.3, 0.4) is 0 Å². The van der Waals surface area contributed by atoms with Crippen molar-refractivity contribution >= 4 is 23.0 Å². The van der Waals surface area contributed by atoms with E-state index in [2.05, 4.69) is 21.6 Å². The molecule has 1 heterocycles. The van der Waals surface area contributed by atoms with Crippen LogP contribution in [-0.4, -0.2) is 63.8 Å². The third kappa shape index (κ3) is 5.84. The zero-order valence-electron chi connectivity index (χ0n) is 17.1. The van der Waals surface area contributed by atoms with Gasteiger partial charge in [0.25, 0.3) is 11.6 Å². The molecule has 0 aromatic heterocycles. The van der Waals surface area contributed by atoms with E-state index in [1.54, 1.807) is 19.2 Å². The number of benzene rings is 2. The number of nitro groups is 1. The summed E-state index contributed by atoms with van der Waals surface area (Å²) >= 11 is 0. The highest BCUT2D eigenvalue weighted by molar-refractivity contribution is 5.76. The molecule has 9 heteroatoms. The van der Waals surface area contributed by atoms with Gasteiger partial charge in [0, 0.05) is 30.9 Å². The van der Waals surface area contributed by atoms with E-state index in [0.29, 0.717) is 19.6 Å². The summed E-state index contributed by atoms with van der Waals surface area (Å²) in [5.41, 5.74) is 1.94. The van der Waals surface area contributed by atoms with E-state index in [1.165, 1.54) is 17.0 Å². The summed E-state index contributed by atoms with van der Waals surface area (Å²) in [5.74, 6) is 0.903. The molecule has 0 atom stereocenters. The minimum atomic E-state index is -0.428. The van der Waals surface area contributed by atoms with Crippen LogP contribution in [0.2, 0.25) is 0 Å². The summed E-state index contributed by atoms with van der Waals surface area (Å²) in [6.07, 6.45) is 0. The lowest BCUT2D eigenvalue weighted by Gasteiger charge is -2.34. The molecule has 3 rings (SSSR count). The maximum atomic E-state index is 12.2. The molecule has 30 heavy (non-hydrogen) atoms. The third-order valence-corrected chi connectivity index (χ3v) is 5.16. The maximum Gasteiger partial charge on any atom is 0.275 e. The molecule has 3 N–H and O–H groups in total. The normalized spacial score (nSPS) is 14.2. The molecule has 9 nitrogen and oxygen atoms in total. The lowest BCUT2D eigenvalue weighted by atomic mass is 10.2. The van der Waals surface area contributed by atoms with Crippen LogP contribution in [0.25, 0.3) is 0 Å². The van der Waals surface area contributed by atoms with Gasteiger partial charge in [0.15, 0.2) is 6.54 Å². The fourth-order valence-corrected chi connectivity index (χ4v) is 3.53. The van der Waals surface area contributed by atoms with Crippen molar-refractivity contribution in [2.24, 2.45) is 0 Å². The summed E-state index contributed by atoms with van der Waals surface area (Å²) in [7, 11) is 1.68. The monoisotopic (exact) mass is 414 g/mol. The number of nitrogens with one attached hydrogen (secondary N) is 3. The highest BCUT2D eigenvalue weighted by atomic mass is 16.6. The molecular formula is C21H28N5O4+. The van der Waals surface area contributed by atoms with Crippen LogP contribution in [0.15, 0.2) is 48.5 Å². The number of hydrogen-bond donors (Lipinski definition) is 3. The summed E-state index contributed by atoms with van der Waals surface area (Å²) in [4.78, 5) is 26.0. The first-order valence-corrected chi connectivity index (χ1v) is 10.0. The molecule has 2 aromatic rings. The van der Waals surface area contributed by atoms with Gasteiger partial charge < -0.3 is 25.2 Å². The van der Waals surface area contributed by atoms with E-state index in [4.69, 9.17) is 4.74 Å². The van der Waals surface area contributed by atoms with Crippen molar-refractivity contribution in [2.45, 2.75) is 0 Å². The number of piperazine rings is 1. The smallest absolute Gasteiger partial charge is 0.275 e. The first kappa shape index (κ1) is 21.4. The number of ether oxygens (including phenoxy) is 1. The summed E-state index contributed by atoms with van der Waals surface area (Å²) < 4.78 is 5.44. The Bertz CT molecular complexity index is 851. The molecule has 0 saturated carbocycles. The zero-order valence-corrected chi connectivity index (χ0v) is 17.1. The SMILES string of the molecule is COc1ccccc1N1CC[NH+](CC(=O)NCCNc2ccc([N+](=O)[O-])cc2)CC1. The fraction of sp³-hybridized carbons (Fsp3) is 0.381. The van der Waals surface area contributed by atoms with Crippen molar-refractivity contribution in [3.05, 3.63) is 58.6 Å². The van der Waals surface area contributed by atoms with Crippen molar-refractivity contribution in [3.63, 3.8) is 0 Å². The number of hydrogen-bond acceptors (Lipinski definition) is 6. The van der Waals surface area contributed by atoms with Crippen LogP contribution in [0, 0.1) is 10.1 Å². The van der Waals surface area contributed by atoms with Crippen molar-refractivity contribution in [1.82, 2.24) is 5.32 Å². The van der Waals surface area contributed by atoms with Crippen LogP contribution < -0.4 is 25.2 Å². The molecule has 0 unspecified atom stereocenters. The molecule has 1 aliphatic rings. The largest absolute Gasteiger partial charge is 0.495 e. The van der Waals surface area contributed by atoms with Crippen LogP contribution >= 0.6 is 0 Å². The molecule has 1 saturated heterocycles. The summed E-state index contributed by atoms with van der Waals surface area (Å²) in [6, 6.07) is 14.2. The number of non-ortho nitro benzene ring substituents is 1. The van der Waals surface area contributed by atoms with Gasteiger partial charge in [-0.1, -0.05) is 12.1 Å². The Morgan fingerprint density at radius 1 is 1.13 bits per heavy atom. The number of nitrogens with zero attached hydrogens (tertiary/aromatic N) is 2. The van der Waals surface area contributed by atoms with E-state index in [-0.39, 0.29) is 11.6 Å². The second-order valence-corrected chi connectivity index (χ2v) is 7.17. The predicted molar refractivity (Wildman–Crippen MR) is 115 cm³/mol. The fourth-order valence-electron chi connectivity index (χ4n) is 3.53. The highest BCUT2D eigenvalue weighted by Gasteiger charge is 2.23. The van der Waals surface area contributed by atoms with Crippen LogP contribution in [-0.2, 0) is 4.79 Å². The van der Waals surface area contributed by atoms with Gasteiger partial charge in [0.1, 0.15) is 5.75 Å². The van der Waals surface area contributed by atoms with E-state index in [9.17, 15) is 14.9 Å². The molecule has 1 aliphatic heterocycles. The maximum absolute atomic E-state index is 12.2. The van der Waals surface area contributed by atoms with Gasteiger partial charge in [-0.25, -0.2) is 0 Å². The van der Waals surface area contributed by atoms with Crippen molar-refractivity contribution < 1.29 is 19.4 Å². The minimum absolute atomic E-state index is 0.0289.